The Labute approximate surface area is 78.7 Å². The van der Waals surface area contributed by atoms with E-state index in [1.807, 2.05) is 0 Å². The highest BCUT2D eigenvalue weighted by atomic mass is 19.4. The monoisotopic (exact) mass is 246 g/mol. The third-order valence-corrected chi connectivity index (χ3v) is 1.60. The topological polar surface area (TPSA) is 20.2 Å². The summed E-state index contributed by atoms with van der Waals surface area (Å²) in [5.41, 5.74) is 0. The van der Waals surface area contributed by atoms with E-state index in [9.17, 15) is 35.1 Å². The fourth-order valence-corrected chi connectivity index (χ4v) is 0.605. The van der Waals surface area contributed by atoms with Crippen LogP contribution in [-0.2, 0) is 0 Å². The number of rotatable bonds is 4. The highest BCUT2D eigenvalue weighted by molar-refractivity contribution is 5.01. The van der Waals surface area contributed by atoms with Gasteiger partial charge in [0.1, 0.15) is 6.61 Å². The smallest absolute Gasteiger partial charge is 0.380 e. The van der Waals surface area contributed by atoms with Gasteiger partial charge in [0, 0.05) is 6.92 Å². The van der Waals surface area contributed by atoms with E-state index >= 15 is 0 Å². The molecule has 0 atom stereocenters. The molecule has 0 aromatic carbocycles. The Morgan fingerprint density at radius 3 is 1.33 bits per heavy atom. The van der Waals surface area contributed by atoms with Gasteiger partial charge < -0.3 is 5.11 Å². The van der Waals surface area contributed by atoms with Crippen molar-refractivity contribution in [2.75, 3.05) is 6.61 Å². The Bertz CT molecular complexity index is 230. The van der Waals surface area contributed by atoms with Crippen LogP contribution < -0.4 is 0 Å². The summed E-state index contributed by atoms with van der Waals surface area (Å²) in [7, 11) is 0. The second kappa shape index (κ2) is 3.46. The fourth-order valence-electron chi connectivity index (χ4n) is 0.605. The summed E-state index contributed by atoms with van der Waals surface area (Å²) in [6.07, 6.45) is 0. The molecule has 0 heterocycles. The maximum absolute atomic E-state index is 12.3. The van der Waals surface area contributed by atoms with Crippen LogP contribution in [0.1, 0.15) is 6.92 Å². The lowest BCUT2D eigenvalue weighted by Gasteiger charge is -2.34. The lowest BCUT2D eigenvalue weighted by molar-refractivity contribution is -0.366. The van der Waals surface area contributed by atoms with E-state index in [-0.39, 0.29) is 0 Å². The van der Waals surface area contributed by atoms with Gasteiger partial charge in [0.2, 0.25) is 0 Å². The molecule has 0 amide bonds. The second-order valence-corrected chi connectivity index (χ2v) is 2.90. The van der Waals surface area contributed by atoms with Crippen molar-refractivity contribution in [1.82, 2.24) is 0 Å². The molecule has 0 aliphatic rings. The van der Waals surface area contributed by atoms with Gasteiger partial charge in [0.05, 0.1) is 0 Å². The summed E-state index contributed by atoms with van der Waals surface area (Å²) in [4.78, 5) is 0. The lowest BCUT2D eigenvalue weighted by Crippen LogP contribution is -2.62. The van der Waals surface area contributed by atoms with Crippen LogP contribution in [0.25, 0.3) is 0 Å². The number of aliphatic hydroxyl groups is 1. The molecule has 0 saturated carbocycles. The molecule has 0 spiro atoms. The van der Waals surface area contributed by atoms with Crippen molar-refractivity contribution in [2.24, 2.45) is 0 Å². The second-order valence-electron chi connectivity index (χ2n) is 2.90. The van der Waals surface area contributed by atoms with Crippen LogP contribution in [0.3, 0.4) is 0 Å². The van der Waals surface area contributed by atoms with E-state index in [0.29, 0.717) is 0 Å². The molecule has 92 valence electrons. The van der Waals surface area contributed by atoms with Crippen LogP contribution in [0.5, 0.6) is 0 Å². The standard InChI is InChI=1S/C6H6F8O/c1-3(7,8)5(11,12)6(13,14)4(9,10)2-15/h15H,2H2,1H3. The Morgan fingerprint density at radius 2 is 1.13 bits per heavy atom. The van der Waals surface area contributed by atoms with E-state index in [1.54, 1.807) is 0 Å². The molecule has 0 aliphatic carbocycles. The summed E-state index contributed by atoms with van der Waals surface area (Å²) >= 11 is 0. The van der Waals surface area contributed by atoms with Gasteiger partial charge >= 0.3 is 23.7 Å². The quantitative estimate of drug-likeness (QED) is 0.756. The van der Waals surface area contributed by atoms with Crippen LogP contribution in [0.15, 0.2) is 0 Å². The van der Waals surface area contributed by atoms with Gasteiger partial charge in [-0.15, -0.1) is 0 Å². The first-order valence-corrected chi connectivity index (χ1v) is 3.43. The third kappa shape index (κ3) is 2.01. The van der Waals surface area contributed by atoms with Crippen LogP contribution >= 0.6 is 0 Å². The zero-order chi connectivity index (χ0) is 12.7. The lowest BCUT2D eigenvalue weighted by atomic mass is 10.0. The molecule has 0 fully saturated rings. The molecule has 0 unspecified atom stereocenters. The summed E-state index contributed by atoms with van der Waals surface area (Å²) in [5.74, 6) is -23.6. The van der Waals surface area contributed by atoms with Gasteiger partial charge in [-0.2, -0.15) is 35.1 Å². The first-order chi connectivity index (χ1) is 6.31. The van der Waals surface area contributed by atoms with Crippen molar-refractivity contribution in [3.05, 3.63) is 0 Å². The molecule has 0 aliphatic heterocycles. The molecule has 0 bridgehead atoms. The average Bonchev–Trinajstić information content (AvgIpc) is 2.01. The van der Waals surface area contributed by atoms with Gasteiger partial charge in [-0.3, -0.25) is 0 Å². The number of alkyl halides is 8. The molecule has 0 saturated heterocycles. The molecule has 0 aromatic heterocycles. The molecular weight excluding hydrogens is 240 g/mol. The van der Waals surface area contributed by atoms with E-state index in [2.05, 4.69) is 0 Å². The number of aliphatic hydroxyl groups excluding tert-OH is 1. The molecule has 1 nitrogen and oxygen atoms in total. The Kier molecular flexibility index (Phi) is 3.32. The minimum Gasteiger partial charge on any atom is -0.390 e. The fraction of sp³-hybridized carbons (Fsp3) is 1.00. The molecule has 0 radical (unpaired) electrons. The molecular formula is C6H6F8O. The number of hydrogen-bond donors (Lipinski definition) is 1. The minimum atomic E-state index is -6.34. The normalized spacial score (nSPS) is 15.6. The molecule has 1 N–H and O–H groups in total. The maximum atomic E-state index is 12.3. The van der Waals surface area contributed by atoms with Crippen molar-refractivity contribution in [2.45, 2.75) is 30.6 Å². The van der Waals surface area contributed by atoms with Crippen LogP contribution in [-0.4, -0.2) is 35.4 Å². The van der Waals surface area contributed by atoms with E-state index in [0.717, 1.165) is 0 Å². The van der Waals surface area contributed by atoms with E-state index in [4.69, 9.17) is 5.11 Å². The molecule has 0 rings (SSSR count). The van der Waals surface area contributed by atoms with Crippen LogP contribution in [0.4, 0.5) is 35.1 Å². The summed E-state index contributed by atoms with van der Waals surface area (Å²) < 4.78 is 97.6. The first kappa shape index (κ1) is 14.4. The predicted molar refractivity (Wildman–Crippen MR) is 32.5 cm³/mol. The predicted octanol–water partition coefficient (Wildman–Crippen LogP) is 2.54. The van der Waals surface area contributed by atoms with Gasteiger partial charge in [-0.1, -0.05) is 0 Å². The summed E-state index contributed by atoms with van der Waals surface area (Å²) in [6.45, 7) is -3.28. The Morgan fingerprint density at radius 1 is 0.800 bits per heavy atom. The van der Waals surface area contributed by atoms with Crippen molar-refractivity contribution in [3.63, 3.8) is 0 Å². The van der Waals surface area contributed by atoms with Crippen molar-refractivity contribution in [3.8, 4) is 0 Å². The van der Waals surface area contributed by atoms with Crippen molar-refractivity contribution in [1.29, 1.82) is 0 Å². The van der Waals surface area contributed by atoms with Crippen LogP contribution in [0.2, 0.25) is 0 Å². The highest BCUT2D eigenvalue weighted by Crippen LogP contribution is 2.51. The SMILES string of the molecule is CC(F)(F)C(F)(F)C(F)(F)C(F)(F)CO. The molecule has 15 heavy (non-hydrogen) atoms. The van der Waals surface area contributed by atoms with E-state index < -0.39 is 37.2 Å². The third-order valence-electron chi connectivity index (χ3n) is 1.60. The minimum absolute atomic E-state index is 0.617. The van der Waals surface area contributed by atoms with Gasteiger partial charge in [-0.25, -0.2) is 0 Å². The zero-order valence-electron chi connectivity index (χ0n) is 7.18. The van der Waals surface area contributed by atoms with Gasteiger partial charge in [0.15, 0.2) is 0 Å². The van der Waals surface area contributed by atoms with Crippen LogP contribution in [0, 0.1) is 0 Å². The number of halogens is 8. The average molecular weight is 246 g/mol. The van der Waals surface area contributed by atoms with Gasteiger partial charge in [0.25, 0.3) is 0 Å². The summed E-state index contributed by atoms with van der Waals surface area (Å²) in [5, 5.41) is 7.75. The Hall–Kier alpha value is -0.600. The molecule has 9 heteroatoms. The Balaban J connectivity index is 5.38. The largest absolute Gasteiger partial charge is 0.390 e. The maximum Gasteiger partial charge on any atom is 0.380 e. The van der Waals surface area contributed by atoms with Gasteiger partial charge in [-0.05, 0) is 0 Å². The van der Waals surface area contributed by atoms with E-state index in [1.165, 1.54) is 0 Å². The zero-order valence-corrected chi connectivity index (χ0v) is 7.18. The highest BCUT2D eigenvalue weighted by Gasteiger charge is 2.78. The molecule has 0 aromatic rings. The summed E-state index contributed by atoms with van der Waals surface area (Å²) in [6, 6.07) is 0. The first-order valence-electron chi connectivity index (χ1n) is 3.43. The number of hydrogen-bond acceptors (Lipinski definition) is 1. The van der Waals surface area contributed by atoms with Crippen molar-refractivity contribution >= 4 is 0 Å². The van der Waals surface area contributed by atoms with Crippen molar-refractivity contribution < 1.29 is 40.2 Å².